The van der Waals surface area contributed by atoms with Crippen LogP contribution in [0.5, 0.6) is 11.5 Å². The summed E-state index contributed by atoms with van der Waals surface area (Å²) in [5, 5.41) is 4.19. The molecule has 1 aromatic heterocycles. The Morgan fingerprint density at radius 1 is 1.12 bits per heavy atom. The van der Waals surface area contributed by atoms with Crippen LogP contribution >= 0.6 is 0 Å². The lowest BCUT2D eigenvalue weighted by Gasteiger charge is -2.17. The normalized spacial score (nSPS) is 12.0. The highest BCUT2D eigenvalue weighted by Gasteiger charge is 2.22. The number of aryl methyl sites for hydroxylation is 1. The Hall–Kier alpha value is -2.95. The lowest BCUT2D eigenvalue weighted by atomic mass is 10.0. The highest BCUT2D eigenvalue weighted by Crippen LogP contribution is 2.30. The average Bonchev–Trinajstić information content (AvgIpc) is 2.96. The predicted octanol–water partition coefficient (Wildman–Crippen LogP) is 4.18. The number of ketones is 1. The maximum absolute atomic E-state index is 13.0. The number of hydrogen-bond donors (Lipinski definition) is 2. The number of nitrogens with one attached hydrogen (secondary N) is 2. The molecule has 1 heterocycles. The van der Waals surface area contributed by atoms with Gasteiger partial charge in [0.1, 0.15) is 11.5 Å². The number of ether oxygens (including phenoxy) is 2. The lowest BCUT2D eigenvalue weighted by Crippen LogP contribution is -2.26. The highest BCUT2D eigenvalue weighted by atomic mass is 16.5. The predicted molar refractivity (Wildman–Crippen MR) is 100.0 cm³/mol. The second kappa shape index (κ2) is 6.89. The first-order chi connectivity index (χ1) is 12.0. The van der Waals surface area contributed by atoms with Crippen molar-refractivity contribution in [1.29, 1.82) is 0 Å². The number of carbonyl (C=O) groups excluding carboxylic acids is 1. The molecule has 0 aliphatic rings. The van der Waals surface area contributed by atoms with Gasteiger partial charge in [-0.1, -0.05) is 18.2 Å². The van der Waals surface area contributed by atoms with E-state index in [4.69, 9.17) is 9.47 Å². The third-order valence-electron chi connectivity index (χ3n) is 4.31. The van der Waals surface area contributed by atoms with Crippen LogP contribution in [0.25, 0.3) is 10.9 Å². The van der Waals surface area contributed by atoms with Gasteiger partial charge < -0.3 is 19.8 Å². The topological polar surface area (TPSA) is 63.3 Å². The van der Waals surface area contributed by atoms with Crippen LogP contribution < -0.4 is 14.8 Å². The standard InChI is InChI=1S/C20H22N2O3/c1-12-19(15-7-5-6-8-16(15)21-12)20(23)13(2)22-17-10-9-14(24-3)11-18(17)25-4/h5-11,13,21-22H,1-4H3/t13-/m0/s1. The molecule has 0 saturated carbocycles. The Labute approximate surface area is 147 Å². The van der Waals surface area contributed by atoms with E-state index >= 15 is 0 Å². The van der Waals surface area contributed by atoms with E-state index in [0.717, 1.165) is 27.8 Å². The monoisotopic (exact) mass is 338 g/mol. The van der Waals surface area contributed by atoms with Crippen molar-refractivity contribution in [3.63, 3.8) is 0 Å². The summed E-state index contributed by atoms with van der Waals surface area (Å²) in [4.78, 5) is 16.3. The number of anilines is 1. The number of H-pyrrole nitrogens is 1. The fourth-order valence-corrected chi connectivity index (χ4v) is 3.03. The molecule has 0 unspecified atom stereocenters. The summed E-state index contributed by atoms with van der Waals surface area (Å²) in [5.74, 6) is 1.37. The second-order valence-corrected chi connectivity index (χ2v) is 5.97. The number of fused-ring (bicyclic) bond motifs is 1. The van der Waals surface area contributed by atoms with Gasteiger partial charge in [-0.2, -0.15) is 0 Å². The molecule has 0 fully saturated rings. The van der Waals surface area contributed by atoms with Gasteiger partial charge in [0.25, 0.3) is 0 Å². The Kier molecular flexibility index (Phi) is 4.65. The van der Waals surface area contributed by atoms with Crippen molar-refractivity contribution in [1.82, 2.24) is 4.98 Å². The largest absolute Gasteiger partial charge is 0.497 e. The molecule has 2 aromatic carbocycles. The van der Waals surface area contributed by atoms with Crippen LogP contribution in [0.2, 0.25) is 0 Å². The molecule has 25 heavy (non-hydrogen) atoms. The van der Waals surface area contributed by atoms with Crippen molar-refractivity contribution in [2.75, 3.05) is 19.5 Å². The smallest absolute Gasteiger partial charge is 0.187 e. The summed E-state index contributed by atoms with van der Waals surface area (Å²) >= 11 is 0. The molecular formula is C20H22N2O3. The zero-order valence-corrected chi connectivity index (χ0v) is 14.8. The van der Waals surface area contributed by atoms with E-state index in [-0.39, 0.29) is 5.78 Å². The summed E-state index contributed by atoms with van der Waals surface area (Å²) in [7, 11) is 3.20. The van der Waals surface area contributed by atoms with Crippen LogP contribution in [0.3, 0.4) is 0 Å². The number of para-hydroxylation sites is 1. The number of aromatic nitrogens is 1. The molecule has 3 rings (SSSR count). The Morgan fingerprint density at radius 2 is 1.88 bits per heavy atom. The zero-order valence-electron chi connectivity index (χ0n) is 14.8. The first-order valence-electron chi connectivity index (χ1n) is 8.15. The number of Topliss-reactive ketones (excluding diaryl/α,β-unsaturated/α-hetero) is 1. The van der Waals surface area contributed by atoms with Gasteiger partial charge in [0, 0.05) is 28.2 Å². The Morgan fingerprint density at radius 3 is 2.60 bits per heavy atom. The number of benzene rings is 2. The Bertz CT molecular complexity index is 914. The molecule has 130 valence electrons. The number of rotatable bonds is 6. The Balaban J connectivity index is 1.89. The summed E-state index contributed by atoms with van der Waals surface area (Å²) in [6.45, 7) is 3.78. The van der Waals surface area contributed by atoms with Gasteiger partial charge in [-0.25, -0.2) is 0 Å². The summed E-state index contributed by atoms with van der Waals surface area (Å²) in [5.41, 5.74) is 3.32. The molecule has 2 N–H and O–H groups in total. The molecule has 0 saturated heterocycles. The van der Waals surface area contributed by atoms with Crippen molar-refractivity contribution in [3.8, 4) is 11.5 Å². The van der Waals surface area contributed by atoms with Crippen LogP contribution in [-0.4, -0.2) is 31.0 Å². The van der Waals surface area contributed by atoms with Crippen molar-refractivity contribution in [2.24, 2.45) is 0 Å². The summed E-state index contributed by atoms with van der Waals surface area (Å²) in [6, 6.07) is 12.9. The average molecular weight is 338 g/mol. The van der Waals surface area contributed by atoms with E-state index in [0.29, 0.717) is 11.5 Å². The van der Waals surface area contributed by atoms with Gasteiger partial charge in [0.2, 0.25) is 0 Å². The number of carbonyl (C=O) groups is 1. The van der Waals surface area contributed by atoms with E-state index in [1.54, 1.807) is 20.3 Å². The molecule has 0 radical (unpaired) electrons. The summed E-state index contributed by atoms with van der Waals surface area (Å²) in [6.07, 6.45) is 0. The molecule has 0 amide bonds. The number of aromatic amines is 1. The molecule has 1 atom stereocenters. The van der Waals surface area contributed by atoms with E-state index in [1.165, 1.54) is 0 Å². The van der Waals surface area contributed by atoms with Crippen LogP contribution in [-0.2, 0) is 0 Å². The lowest BCUT2D eigenvalue weighted by molar-refractivity contribution is 0.0976. The minimum Gasteiger partial charge on any atom is -0.497 e. The van der Waals surface area contributed by atoms with E-state index < -0.39 is 6.04 Å². The molecule has 0 spiro atoms. The van der Waals surface area contributed by atoms with Gasteiger partial charge in [-0.15, -0.1) is 0 Å². The molecule has 0 aliphatic carbocycles. The van der Waals surface area contributed by atoms with Gasteiger partial charge in [-0.05, 0) is 32.0 Å². The van der Waals surface area contributed by atoms with Crippen molar-refractivity contribution < 1.29 is 14.3 Å². The quantitative estimate of drug-likeness (QED) is 0.662. The first kappa shape index (κ1) is 16.9. The molecular weight excluding hydrogens is 316 g/mol. The highest BCUT2D eigenvalue weighted by molar-refractivity contribution is 6.12. The molecule has 5 nitrogen and oxygen atoms in total. The van der Waals surface area contributed by atoms with E-state index in [2.05, 4.69) is 10.3 Å². The maximum atomic E-state index is 13.0. The number of hydrogen-bond acceptors (Lipinski definition) is 4. The van der Waals surface area contributed by atoms with Gasteiger partial charge in [0.05, 0.1) is 25.9 Å². The van der Waals surface area contributed by atoms with E-state index in [9.17, 15) is 4.79 Å². The minimum atomic E-state index is -0.403. The van der Waals surface area contributed by atoms with Crippen LogP contribution in [0.1, 0.15) is 23.0 Å². The molecule has 0 bridgehead atoms. The van der Waals surface area contributed by atoms with Gasteiger partial charge in [-0.3, -0.25) is 4.79 Å². The molecule has 5 heteroatoms. The van der Waals surface area contributed by atoms with Crippen LogP contribution in [0, 0.1) is 6.92 Å². The van der Waals surface area contributed by atoms with Crippen molar-refractivity contribution >= 4 is 22.4 Å². The van der Waals surface area contributed by atoms with E-state index in [1.807, 2.05) is 50.2 Å². The second-order valence-electron chi connectivity index (χ2n) is 5.97. The minimum absolute atomic E-state index is 0.0350. The fourth-order valence-electron chi connectivity index (χ4n) is 3.03. The summed E-state index contributed by atoms with van der Waals surface area (Å²) < 4.78 is 10.6. The van der Waals surface area contributed by atoms with Crippen LogP contribution in [0.4, 0.5) is 5.69 Å². The third-order valence-corrected chi connectivity index (χ3v) is 4.31. The van der Waals surface area contributed by atoms with Gasteiger partial charge >= 0.3 is 0 Å². The fraction of sp³-hybridized carbons (Fsp3) is 0.250. The van der Waals surface area contributed by atoms with Crippen molar-refractivity contribution in [2.45, 2.75) is 19.9 Å². The SMILES string of the molecule is COc1ccc(N[C@@H](C)C(=O)c2c(C)[nH]c3ccccc23)c(OC)c1. The third kappa shape index (κ3) is 3.18. The van der Waals surface area contributed by atoms with Gasteiger partial charge in [0.15, 0.2) is 5.78 Å². The van der Waals surface area contributed by atoms with Crippen LogP contribution in [0.15, 0.2) is 42.5 Å². The first-order valence-corrected chi connectivity index (χ1v) is 8.15. The van der Waals surface area contributed by atoms with Crippen molar-refractivity contribution in [3.05, 3.63) is 53.7 Å². The number of methoxy groups -OCH3 is 2. The maximum Gasteiger partial charge on any atom is 0.187 e. The molecule has 3 aromatic rings. The molecule has 0 aliphatic heterocycles. The zero-order chi connectivity index (χ0) is 18.0.